The number of amides is 1. The third-order valence-corrected chi connectivity index (χ3v) is 2.39. The van der Waals surface area contributed by atoms with Crippen molar-refractivity contribution in [1.82, 2.24) is 10.6 Å². The number of hydrogen-bond acceptors (Lipinski definition) is 4. The predicted octanol–water partition coefficient (Wildman–Crippen LogP) is -1.61. The van der Waals surface area contributed by atoms with Crippen LogP contribution in [0, 0.1) is 0 Å². The molecule has 0 spiro atoms. The van der Waals surface area contributed by atoms with Crippen LogP contribution in [0.1, 0.15) is 12.8 Å². The Morgan fingerprint density at radius 1 is 1.36 bits per heavy atom. The van der Waals surface area contributed by atoms with Gasteiger partial charge in [-0.05, 0) is 13.5 Å². The number of carbonyl (C=O) groups excluding carboxylic acids is 1. The SMILES string of the molecule is CNCCC(=O)NCCCS(N)(=O)=O. The Morgan fingerprint density at radius 2 is 2.00 bits per heavy atom. The van der Waals surface area contributed by atoms with E-state index >= 15 is 0 Å². The van der Waals surface area contributed by atoms with Gasteiger partial charge in [0.05, 0.1) is 5.75 Å². The van der Waals surface area contributed by atoms with Crippen LogP contribution in [0.5, 0.6) is 0 Å². The van der Waals surface area contributed by atoms with Crippen molar-refractivity contribution < 1.29 is 13.2 Å². The van der Waals surface area contributed by atoms with E-state index in [1.54, 1.807) is 7.05 Å². The van der Waals surface area contributed by atoms with E-state index in [9.17, 15) is 13.2 Å². The highest BCUT2D eigenvalue weighted by molar-refractivity contribution is 7.89. The second-order valence-corrected chi connectivity index (χ2v) is 4.66. The molecule has 0 aromatic carbocycles. The Balaban J connectivity index is 3.41. The smallest absolute Gasteiger partial charge is 0.221 e. The van der Waals surface area contributed by atoms with Gasteiger partial charge in [-0.15, -0.1) is 0 Å². The van der Waals surface area contributed by atoms with Crippen LogP contribution in [-0.2, 0) is 14.8 Å². The van der Waals surface area contributed by atoms with E-state index < -0.39 is 10.0 Å². The van der Waals surface area contributed by atoms with Gasteiger partial charge in [0.15, 0.2) is 0 Å². The first kappa shape index (κ1) is 13.3. The maximum absolute atomic E-state index is 11.0. The minimum absolute atomic E-state index is 0.0891. The largest absolute Gasteiger partial charge is 0.356 e. The summed E-state index contributed by atoms with van der Waals surface area (Å²) in [6.07, 6.45) is 0.746. The van der Waals surface area contributed by atoms with Gasteiger partial charge in [0.1, 0.15) is 0 Å². The Kier molecular flexibility index (Phi) is 6.43. The van der Waals surface area contributed by atoms with Crippen molar-refractivity contribution in [3.05, 3.63) is 0 Å². The molecule has 0 aliphatic rings. The first-order chi connectivity index (χ1) is 6.45. The van der Waals surface area contributed by atoms with E-state index in [1.165, 1.54) is 0 Å². The maximum Gasteiger partial charge on any atom is 0.221 e. The number of hydrogen-bond donors (Lipinski definition) is 3. The van der Waals surface area contributed by atoms with Gasteiger partial charge in [-0.25, -0.2) is 13.6 Å². The van der Waals surface area contributed by atoms with Crippen LogP contribution in [0.3, 0.4) is 0 Å². The molecule has 0 unspecified atom stereocenters. The quantitative estimate of drug-likeness (QED) is 0.452. The number of nitrogens with two attached hydrogens (primary N) is 1. The summed E-state index contributed by atoms with van der Waals surface area (Å²) in [5.41, 5.74) is 0. The number of nitrogens with one attached hydrogen (secondary N) is 2. The highest BCUT2D eigenvalue weighted by Crippen LogP contribution is 1.84. The Bertz CT molecular complexity index is 263. The van der Waals surface area contributed by atoms with Gasteiger partial charge in [-0.2, -0.15) is 0 Å². The fourth-order valence-electron chi connectivity index (χ4n) is 0.828. The standard InChI is InChI=1S/C7H17N3O3S/c1-9-5-3-7(11)10-4-2-6-14(8,12)13/h9H,2-6H2,1H3,(H,10,11)(H2,8,12,13). The van der Waals surface area contributed by atoms with E-state index in [-0.39, 0.29) is 11.7 Å². The maximum atomic E-state index is 11.0. The van der Waals surface area contributed by atoms with Crippen molar-refractivity contribution in [1.29, 1.82) is 0 Å². The summed E-state index contributed by atoms with van der Waals surface area (Å²) in [5.74, 6) is -0.187. The van der Waals surface area contributed by atoms with Crippen molar-refractivity contribution >= 4 is 15.9 Å². The van der Waals surface area contributed by atoms with Crippen LogP contribution >= 0.6 is 0 Å². The van der Waals surface area contributed by atoms with Gasteiger partial charge in [0.25, 0.3) is 0 Å². The number of sulfonamides is 1. The predicted molar refractivity (Wildman–Crippen MR) is 54.1 cm³/mol. The van der Waals surface area contributed by atoms with Gasteiger partial charge in [0.2, 0.25) is 15.9 Å². The molecule has 0 radical (unpaired) electrons. The van der Waals surface area contributed by atoms with E-state index in [0.717, 1.165) is 0 Å². The van der Waals surface area contributed by atoms with Gasteiger partial charge < -0.3 is 10.6 Å². The molecule has 0 aliphatic heterocycles. The molecule has 84 valence electrons. The summed E-state index contributed by atoms with van der Waals surface area (Å²) in [7, 11) is -1.64. The molecule has 0 heterocycles. The summed E-state index contributed by atoms with van der Waals surface area (Å²) in [6, 6.07) is 0. The average molecular weight is 223 g/mol. The molecule has 0 saturated carbocycles. The van der Waals surface area contributed by atoms with Gasteiger partial charge >= 0.3 is 0 Å². The van der Waals surface area contributed by atoms with Crippen LogP contribution < -0.4 is 15.8 Å². The lowest BCUT2D eigenvalue weighted by Gasteiger charge is -2.03. The van der Waals surface area contributed by atoms with Gasteiger partial charge in [0, 0.05) is 19.5 Å². The fourth-order valence-corrected chi connectivity index (χ4v) is 1.37. The van der Waals surface area contributed by atoms with Crippen LogP contribution in [0.15, 0.2) is 0 Å². The summed E-state index contributed by atoms with van der Waals surface area (Å²) in [5, 5.41) is 10.2. The third kappa shape index (κ3) is 9.43. The molecule has 1 amide bonds. The average Bonchev–Trinajstić information content (AvgIpc) is 2.07. The number of carbonyl (C=O) groups is 1. The van der Waals surface area contributed by atoms with Crippen LogP contribution in [0.4, 0.5) is 0 Å². The summed E-state index contributed by atoms with van der Waals surface area (Å²) >= 11 is 0. The molecule has 0 aromatic heterocycles. The second kappa shape index (κ2) is 6.74. The number of rotatable bonds is 7. The molecule has 14 heavy (non-hydrogen) atoms. The van der Waals surface area contributed by atoms with E-state index in [4.69, 9.17) is 5.14 Å². The molecule has 0 saturated heterocycles. The molecular weight excluding hydrogens is 206 g/mol. The number of primary sulfonamides is 1. The second-order valence-electron chi connectivity index (χ2n) is 2.92. The topological polar surface area (TPSA) is 101 Å². The molecule has 0 aliphatic carbocycles. The molecule has 0 rings (SSSR count). The zero-order valence-corrected chi connectivity index (χ0v) is 9.06. The first-order valence-electron chi connectivity index (χ1n) is 4.37. The van der Waals surface area contributed by atoms with Crippen LogP contribution in [0.2, 0.25) is 0 Å². The molecule has 4 N–H and O–H groups in total. The molecule has 6 nitrogen and oxygen atoms in total. The zero-order valence-electron chi connectivity index (χ0n) is 8.25. The molecule has 0 bridgehead atoms. The van der Waals surface area contributed by atoms with Crippen molar-refractivity contribution in [3.8, 4) is 0 Å². The lowest BCUT2D eigenvalue weighted by Crippen LogP contribution is -2.29. The Morgan fingerprint density at radius 3 is 2.50 bits per heavy atom. The summed E-state index contributed by atoms with van der Waals surface area (Å²) in [6.45, 7) is 0.958. The molecular formula is C7H17N3O3S. The summed E-state index contributed by atoms with van der Waals surface area (Å²) in [4.78, 5) is 11.0. The zero-order chi connectivity index (χ0) is 11.0. The monoisotopic (exact) mass is 223 g/mol. The van der Waals surface area contributed by atoms with Crippen molar-refractivity contribution in [2.24, 2.45) is 5.14 Å². The highest BCUT2D eigenvalue weighted by Gasteiger charge is 2.03. The van der Waals surface area contributed by atoms with E-state index in [1.807, 2.05) is 0 Å². The van der Waals surface area contributed by atoms with Crippen molar-refractivity contribution in [3.63, 3.8) is 0 Å². The minimum Gasteiger partial charge on any atom is -0.356 e. The minimum atomic E-state index is -3.40. The fraction of sp³-hybridized carbons (Fsp3) is 0.857. The third-order valence-electron chi connectivity index (χ3n) is 1.53. The molecule has 0 fully saturated rings. The Labute approximate surface area is 84.3 Å². The van der Waals surface area contributed by atoms with Crippen LogP contribution in [0.25, 0.3) is 0 Å². The normalized spacial score (nSPS) is 11.3. The van der Waals surface area contributed by atoms with Gasteiger partial charge in [-0.1, -0.05) is 0 Å². The first-order valence-corrected chi connectivity index (χ1v) is 6.09. The van der Waals surface area contributed by atoms with Crippen molar-refractivity contribution in [2.75, 3.05) is 25.9 Å². The van der Waals surface area contributed by atoms with Gasteiger partial charge in [-0.3, -0.25) is 4.79 Å². The highest BCUT2D eigenvalue weighted by atomic mass is 32.2. The van der Waals surface area contributed by atoms with E-state index in [0.29, 0.717) is 25.9 Å². The molecule has 0 aromatic rings. The molecule has 7 heteroatoms. The van der Waals surface area contributed by atoms with Crippen LogP contribution in [-0.4, -0.2) is 40.2 Å². The lowest BCUT2D eigenvalue weighted by molar-refractivity contribution is -0.120. The Hall–Kier alpha value is -0.660. The summed E-state index contributed by atoms with van der Waals surface area (Å²) < 4.78 is 21.0. The molecule has 0 atom stereocenters. The van der Waals surface area contributed by atoms with E-state index in [2.05, 4.69) is 10.6 Å². The van der Waals surface area contributed by atoms with Crippen molar-refractivity contribution in [2.45, 2.75) is 12.8 Å². The lowest BCUT2D eigenvalue weighted by atomic mass is 10.4.